The summed E-state index contributed by atoms with van der Waals surface area (Å²) in [6.45, 7) is 0.983. The van der Waals surface area contributed by atoms with Gasteiger partial charge in [-0.05, 0) is 18.6 Å². The topological polar surface area (TPSA) is 133 Å². The van der Waals surface area contributed by atoms with Crippen molar-refractivity contribution in [1.29, 1.82) is 0 Å². The zero-order chi connectivity index (χ0) is 16.7. The molecule has 0 saturated heterocycles. The van der Waals surface area contributed by atoms with Gasteiger partial charge >= 0.3 is 11.9 Å². The number of carbonyl (C=O) groups excluding carboxylic acids is 2. The molecule has 2 unspecified atom stereocenters. The molecule has 22 heavy (non-hydrogen) atoms. The Balaban J connectivity index is 2.97. The third-order valence-electron chi connectivity index (χ3n) is 2.75. The van der Waals surface area contributed by atoms with Crippen molar-refractivity contribution in [3.8, 4) is 0 Å². The number of carboxylic acids is 1. The molecule has 4 N–H and O–H groups in total. The number of aliphatic carboxylic acids is 1. The van der Waals surface area contributed by atoms with Crippen molar-refractivity contribution in [2.75, 3.05) is 13.2 Å². The molecule has 0 saturated carbocycles. The maximum Gasteiger partial charge on any atom is 0.338 e. The minimum Gasteiger partial charge on any atom is -0.480 e. The minimum absolute atomic E-state index is 0.00839. The van der Waals surface area contributed by atoms with Gasteiger partial charge in [-0.3, -0.25) is 9.59 Å². The predicted molar refractivity (Wildman–Crippen MR) is 74.0 cm³/mol. The summed E-state index contributed by atoms with van der Waals surface area (Å²) in [5.74, 6) is -2.98. The van der Waals surface area contributed by atoms with Gasteiger partial charge in [-0.25, -0.2) is 4.79 Å². The zero-order valence-electron chi connectivity index (χ0n) is 11.9. The third kappa shape index (κ3) is 4.54. The lowest BCUT2D eigenvalue weighted by Crippen LogP contribution is -2.33. The second-order valence-corrected chi connectivity index (χ2v) is 4.31. The number of hydrogen-bond acceptors (Lipinski definition) is 6. The number of rotatable bonds is 7. The number of hydrogen-bond donors (Lipinski definition) is 4. The maximum atomic E-state index is 11.9. The molecule has 2 atom stereocenters. The van der Waals surface area contributed by atoms with E-state index in [1.54, 1.807) is 6.92 Å². The summed E-state index contributed by atoms with van der Waals surface area (Å²) in [4.78, 5) is 33.8. The summed E-state index contributed by atoms with van der Waals surface area (Å²) in [5.41, 5.74) is -0.0504. The van der Waals surface area contributed by atoms with E-state index >= 15 is 0 Å². The third-order valence-corrected chi connectivity index (χ3v) is 2.75. The van der Waals surface area contributed by atoms with Crippen LogP contribution in [0, 0.1) is 0 Å². The molecule has 1 amide bonds. The van der Waals surface area contributed by atoms with Gasteiger partial charge in [-0.15, -0.1) is 0 Å². The first-order chi connectivity index (χ1) is 10.4. The fraction of sp³-hybridized carbons (Fsp3) is 0.357. The summed E-state index contributed by atoms with van der Waals surface area (Å²) >= 11 is 0. The highest BCUT2D eigenvalue weighted by Crippen LogP contribution is 2.22. The van der Waals surface area contributed by atoms with Crippen molar-refractivity contribution >= 4 is 17.8 Å². The summed E-state index contributed by atoms with van der Waals surface area (Å²) in [7, 11) is 0. The Bertz CT molecular complexity index is 558. The largest absolute Gasteiger partial charge is 0.480 e. The number of benzene rings is 1. The summed E-state index contributed by atoms with van der Waals surface area (Å²) in [6, 6.07) is 5.70. The number of amides is 1. The lowest BCUT2D eigenvalue weighted by molar-refractivity contribution is -0.159. The summed E-state index contributed by atoms with van der Waals surface area (Å²) in [5, 5.41) is 30.5. The molecule has 0 aliphatic rings. The molecule has 1 aromatic carbocycles. The standard InChI is InChI=1S/C14H17NO7/c1-2-22-14(21)12(19)11(18)8-5-3-4-6-9(8)13(20)15-7-10(16)17/h3-6,11-12,18-19H,2,7H2,1H3,(H,15,20)(H,16,17). The first kappa shape index (κ1) is 17.6. The van der Waals surface area contributed by atoms with Crippen LogP contribution in [-0.2, 0) is 14.3 Å². The zero-order valence-corrected chi connectivity index (χ0v) is 11.9. The molecule has 0 aliphatic carbocycles. The fourth-order valence-corrected chi connectivity index (χ4v) is 1.74. The van der Waals surface area contributed by atoms with Crippen LogP contribution >= 0.6 is 0 Å². The molecule has 0 heterocycles. The van der Waals surface area contributed by atoms with E-state index in [4.69, 9.17) is 5.11 Å². The van der Waals surface area contributed by atoms with Gasteiger partial charge in [0, 0.05) is 5.56 Å². The van der Waals surface area contributed by atoms with E-state index in [0.717, 1.165) is 0 Å². The fourth-order valence-electron chi connectivity index (χ4n) is 1.74. The highest BCUT2D eigenvalue weighted by Gasteiger charge is 2.29. The average Bonchev–Trinajstić information content (AvgIpc) is 2.51. The van der Waals surface area contributed by atoms with Gasteiger partial charge in [0.25, 0.3) is 5.91 Å². The van der Waals surface area contributed by atoms with Crippen molar-refractivity contribution in [3.63, 3.8) is 0 Å². The Morgan fingerprint density at radius 1 is 1.23 bits per heavy atom. The number of aliphatic hydroxyl groups excluding tert-OH is 2. The van der Waals surface area contributed by atoms with Crippen LogP contribution in [0.4, 0.5) is 0 Å². The van der Waals surface area contributed by atoms with Gasteiger partial charge in [-0.2, -0.15) is 0 Å². The number of carboxylic acid groups (broad SMARTS) is 1. The quantitative estimate of drug-likeness (QED) is 0.497. The first-order valence-electron chi connectivity index (χ1n) is 6.50. The number of ether oxygens (including phenoxy) is 1. The van der Waals surface area contributed by atoms with Crippen LogP contribution in [0.1, 0.15) is 28.9 Å². The van der Waals surface area contributed by atoms with Gasteiger partial charge in [-0.1, -0.05) is 18.2 Å². The number of esters is 1. The molecule has 0 radical (unpaired) electrons. The van der Waals surface area contributed by atoms with Crippen LogP contribution in [0.3, 0.4) is 0 Å². The second-order valence-electron chi connectivity index (χ2n) is 4.31. The van der Waals surface area contributed by atoms with E-state index in [2.05, 4.69) is 10.1 Å². The Morgan fingerprint density at radius 2 is 1.86 bits per heavy atom. The normalized spacial score (nSPS) is 13.0. The Morgan fingerprint density at radius 3 is 2.45 bits per heavy atom. The van der Waals surface area contributed by atoms with Gasteiger partial charge in [0.1, 0.15) is 12.6 Å². The van der Waals surface area contributed by atoms with E-state index < -0.39 is 36.6 Å². The molecular formula is C14H17NO7. The van der Waals surface area contributed by atoms with E-state index in [1.807, 2.05) is 0 Å². The van der Waals surface area contributed by atoms with E-state index in [1.165, 1.54) is 24.3 Å². The monoisotopic (exact) mass is 311 g/mol. The van der Waals surface area contributed by atoms with Gasteiger partial charge in [0.2, 0.25) is 0 Å². The summed E-state index contributed by atoms with van der Waals surface area (Å²) < 4.78 is 4.60. The Labute approximate surface area is 126 Å². The molecule has 0 bridgehead atoms. The molecule has 0 aromatic heterocycles. The van der Waals surface area contributed by atoms with Gasteiger partial charge < -0.3 is 25.4 Å². The van der Waals surface area contributed by atoms with Gasteiger partial charge in [0.05, 0.1) is 6.61 Å². The molecular weight excluding hydrogens is 294 g/mol. The summed E-state index contributed by atoms with van der Waals surface area (Å²) in [6.07, 6.45) is -3.53. The van der Waals surface area contributed by atoms with Crippen molar-refractivity contribution in [3.05, 3.63) is 35.4 Å². The highest BCUT2D eigenvalue weighted by molar-refractivity contribution is 5.97. The molecule has 0 aliphatic heterocycles. The van der Waals surface area contributed by atoms with Crippen LogP contribution in [0.25, 0.3) is 0 Å². The van der Waals surface area contributed by atoms with E-state index in [9.17, 15) is 24.6 Å². The van der Waals surface area contributed by atoms with Crippen LogP contribution in [0.2, 0.25) is 0 Å². The van der Waals surface area contributed by atoms with Crippen molar-refractivity contribution in [1.82, 2.24) is 5.32 Å². The van der Waals surface area contributed by atoms with Crippen molar-refractivity contribution < 1.29 is 34.4 Å². The molecule has 0 fully saturated rings. The van der Waals surface area contributed by atoms with Crippen LogP contribution in [-0.4, -0.2) is 52.4 Å². The number of aliphatic hydroxyl groups is 2. The SMILES string of the molecule is CCOC(=O)C(O)C(O)c1ccccc1C(=O)NCC(=O)O. The molecule has 120 valence electrons. The van der Waals surface area contributed by atoms with Crippen molar-refractivity contribution in [2.24, 2.45) is 0 Å². The lowest BCUT2D eigenvalue weighted by Gasteiger charge is -2.19. The first-order valence-corrected chi connectivity index (χ1v) is 6.50. The molecule has 1 aromatic rings. The van der Waals surface area contributed by atoms with Crippen LogP contribution in [0.15, 0.2) is 24.3 Å². The molecule has 8 nitrogen and oxygen atoms in total. The second kappa shape index (κ2) is 8.11. The van der Waals surface area contributed by atoms with Crippen LogP contribution in [0.5, 0.6) is 0 Å². The highest BCUT2D eigenvalue weighted by atomic mass is 16.5. The van der Waals surface area contributed by atoms with Crippen molar-refractivity contribution in [2.45, 2.75) is 19.1 Å². The van der Waals surface area contributed by atoms with E-state index in [0.29, 0.717) is 0 Å². The average molecular weight is 311 g/mol. The smallest absolute Gasteiger partial charge is 0.338 e. The Hall–Kier alpha value is -2.45. The molecule has 8 heteroatoms. The van der Waals surface area contributed by atoms with Gasteiger partial charge in [0.15, 0.2) is 6.10 Å². The van der Waals surface area contributed by atoms with E-state index in [-0.39, 0.29) is 17.7 Å². The lowest BCUT2D eigenvalue weighted by atomic mass is 9.98. The Kier molecular flexibility index (Phi) is 6.48. The maximum absolute atomic E-state index is 11.9. The molecule has 0 spiro atoms. The predicted octanol–water partition coefficient (Wildman–Crippen LogP) is -0.542. The number of nitrogens with one attached hydrogen (secondary N) is 1. The van der Waals surface area contributed by atoms with Crippen LogP contribution < -0.4 is 5.32 Å². The minimum atomic E-state index is -1.85. The molecule has 1 rings (SSSR count). The number of carbonyl (C=O) groups is 3.